The fourth-order valence-corrected chi connectivity index (χ4v) is 4.49. The minimum atomic E-state index is -0.354. The second kappa shape index (κ2) is 7.35. The molecule has 3 amide bonds. The Kier molecular flexibility index (Phi) is 4.86. The van der Waals surface area contributed by atoms with E-state index in [0.29, 0.717) is 19.6 Å². The van der Waals surface area contributed by atoms with E-state index in [9.17, 15) is 19.1 Å². The van der Waals surface area contributed by atoms with Crippen LogP contribution >= 0.6 is 0 Å². The van der Waals surface area contributed by atoms with Crippen LogP contribution in [-0.2, 0) is 0 Å². The second-order valence-electron chi connectivity index (χ2n) is 7.83. The Morgan fingerprint density at radius 2 is 1.97 bits per heavy atom. The fraction of sp³-hybridized carbons (Fsp3) is 0.381. The number of benzene rings is 1. The van der Waals surface area contributed by atoms with Gasteiger partial charge in [0.05, 0.1) is 6.04 Å². The highest BCUT2D eigenvalue weighted by atomic mass is 19.1. The van der Waals surface area contributed by atoms with Crippen LogP contribution in [0.25, 0.3) is 0 Å². The van der Waals surface area contributed by atoms with Crippen molar-refractivity contribution in [3.63, 3.8) is 0 Å². The molecule has 8 heteroatoms. The number of urea groups is 1. The molecule has 4 rings (SSSR count). The number of aromatic nitrogens is 1. The quantitative estimate of drug-likeness (QED) is 0.843. The van der Waals surface area contributed by atoms with Crippen molar-refractivity contribution in [3.05, 3.63) is 59.7 Å². The van der Waals surface area contributed by atoms with Gasteiger partial charge in [0.1, 0.15) is 11.6 Å². The van der Waals surface area contributed by atoms with Crippen molar-refractivity contribution in [2.45, 2.75) is 6.04 Å². The number of hydrogen-bond acceptors (Lipinski definition) is 4. The summed E-state index contributed by atoms with van der Waals surface area (Å²) < 4.78 is 13.9. The van der Waals surface area contributed by atoms with E-state index in [4.69, 9.17) is 0 Å². The molecule has 7 nitrogen and oxygen atoms in total. The maximum atomic E-state index is 13.9. The van der Waals surface area contributed by atoms with Gasteiger partial charge >= 0.3 is 6.03 Å². The summed E-state index contributed by atoms with van der Waals surface area (Å²) in [5.41, 5.74) is 0.749. The largest absolute Gasteiger partial charge is 0.505 e. The van der Waals surface area contributed by atoms with Gasteiger partial charge in [0.25, 0.3) is 5.91 Å². The Balaban J connectivity index is 1.63. The van der Waals surface area contributed by atoms with Gasteiger partial charge in [-0.05, 0) is 29.8 Å². The van der Waals surface area contributed by atoms with Crippen LogP contribution in [0.4, 0.5) is 9.18 Å². The second-order valence-corrected chi connectivity index (χ2v) is 7.83. The third-order valence-electron chi connectivity index (χ3n) is 5.76. The molecule has 3 atom stereocenters. The first-order chi connectivity index (χ1) is 13.9. The molecular weight excluding hydrogens is 375 g/mol. The van der Waals surface area contributed by atoms with Crippen molar-refractivity contribution >= 4 is 11.9 Å². The SMILES string of the molecule is CN(C)C(=O)N1C[C@H]2CN(C(=O)c3ncccc3O)C[C@H]2[C@@H]1c1cccc(F)c1. The molecule has 0 radical (unpaired) electrons. The molecule has 2 fully saturated rings. The lowest BCUT2D eigenvalue weighted by atomic mass is 9.89. The summed E-state index contributed by atoms with van der Waals surface area (Å²) in [7, 11) is 3.39. The van der Waals surface area contributed by atoms with Gasteiger partial charge in [-0.15, -0.1) is 0 Å². The average Bonchev–Trinajstić information content (AvgIpc) is 3.25. The molecular formula is C21H23FN4O3. The van der Waals surface area contributed by atoms with Crippen molar-refractivity contribution in [1.29, 1.82) is 0 Å². The van der Waals surface area contributed by atoms with E-state index in [1.54, 1.807) is 36.0 Å². The molecule has 1 aromatic heterocycles. The number of carbonyl (C=O) groups is 2. The van der Waals surface area contributed by atoms with E-state index in [1.807, 2.05) is 6.07 Å². The van der Waals surface area contributed by atoms with E-state index >= 15 is 0 Å². The van der Waals surface area contributed by atoms with Gasteiger partial charge in [0.2, 0.25) is 0 Å². The minimum Gasteiger partial charge on any atom is -0.505 e. The van der Waals surface area contributed by atoms with Crippen molar-refractivity contribution < 1.29 is 19.1 Å². The molecule has 1 N–H and O–H groups in total. The summed E-state index contributed by atoms with van der Waals surface area (Å²) in [6.45, 7) is 1.36. The van der Waals surface area contributed by atoms with Gasteiger partial charge in [-0.1, -0.05) is 12.1 Å². The molecule has 2 aliphatic heterocycles. The lowest BCUT2D eigenvalue weighted by molar-refractivity contribution is 0.0757. The number of hydrogen-bond donors (Lipinski definition) is 1. The number of carbonyl (C=O) groups excluding carboxylic acids is 2. The van der Waals surface area contributed by atoms with Gasteiger partial charge in [-0.3, -0.25) is 4.79 Å². The van der Waals surface area contributed by atoms with Gasteiger partial charge < -0.3 is 19.8 Å². The molecule has 0 saturated carbocycles. The molecule has 0 unspecified atom stereocenters. The first-order valence-corrected chi connectivity index (χ1v) is 9.53. The Hall–Kier alpha value is -3.16. The number of pyridine rings is 1. The number of rotatable bonds is 2. The van der Waals surface area contributed by atoms with Crippen molar-refractivity contribution in [2.75, 3.05) is 33.7 Å². The Bertz CT molecular complexity index is 951. The first-order valence-electron chi connectivity index (χ1n) is 9.53. The van der Waals surface area contributed by atoms with Crippen LogP contribution in [0.5, 0.6) is 5.75 Å². The zero-order valence-corrected chi connectivity index (χ0v) is 16.3. The number of halogens is 1. The lowest BCUT2D eigenvalue weighted by Gasteiger charge is -2.31. The van der Waals surface area contributed by atoms with Crippen LogP contribution in [-0.4, -0.2) is 70.5 Å². The highest BCUT2D eigenvalue weighted by molar-refractivity contribution is 5.95. The van der Waals surface area contributed by atoms with Crippen LogP contribution in [0.3, 0.4) is 0 Å². The maximum Gasteiger partial charge on any atom is 0.320 e. The van der Waals surface area contributed by atoms with Crippen LogP contribution in [0, 0.1) is 17.7 Å². The maximum absolute atomic E-state index is 13.9. The van der Waals surface area contributed by atoms with Gasteiger partial charge in [0, 0.05) is 51.8 Å². The zero-order chi connectivity index (χ0) is 20.7. The molecule has 0 aliphatic carbocycles. The van der Waals surface area contributed by atoms with Gasteiger partial charge in [-0.2, -0.15) is 0 Å². The number of nitrogens with zero attached hydrogens (tertiary/aromatic N) is 4. The van der Waals surface area contributed by atoms with Crippen LogP contribution in [0.15, 0.2) is 42.6 Å². The average molecular weight is 398 g/mol. The number of fused-ring (bicyclic) bond motifs is 1. The standard InChI is InChI=1S/C21H23FN4O3/c1-24(2)21(29)26-11-14-10-25(20(28)18-17(27)7-4-8-23-18)12-16(14)19(26)13-5-3-6-15(22)9-13/h3-9,14,16,19,27H,10-12H2,1-2H3/t14-,16-,19+/m1/s1. The highest BCUT2D eigenvalue weighted by Crippen LogP contribution is 2.45. The van der Waals surface area contributed by atoms with Gasteiger partial charge in [-0.25, -0.2) is 14.2 Å². The topological polar surface area (TPSA) is 77.0 Å². The number of likely N-dealkylation sites (tertiary alicyclic amines) is 2. The Morgan fingerprint density at radius 1 is 1.17 bits per heavy atom. The summed E-state index contributed by atoms with van der Waals surface area (Å²) in [5, 5.41) is 9.97. The van der Waals surface area contributed by atoms with Crippen molar-refractivity contribution in [2.24, 2.45) is 11.8 Å². The normalized spacial score (nSPS) is 23.2. The van der Waals surface area contributed by atoms with E-state index in [2.05, 4.69) is 4.98 Å². The Labute approximate surface area is 168 Å². The predicted molar refractivity (Wildman–Crippen MR) is 104 cm³/mol. The van der Waals surface area contributed by atoms with Gasteiger partial charge in [0.15, 0.2) is 5.69 Å². The van der Waals surface area contributed by atoms with E-state index < -0.39 is 0 Å². The molecule has 3 heterocycles. The molecule has 2 aromatic rings. The van der Waals surface area contributed by atoms with Crippen LogP contribution in [0.1, 0.15) is 22.1 Å². The Morgan fingerprint density at radius 3 is 2.66 bits per heavy atom. The molecule has 0 bridgehead atoms. The summed E-state index contributed by atoms with van der Waals surface area (Å²) in [6, 6.07) is 8.84. The van der Waals surface area contributed by atoms with Crippen molar-refractivity contribution in [1.82, 2.24) is 19.7 Å². The smallest absolute Gasteiger partial charge is 0.320 e. The first kappa shape index (κ1) is 19.2. The molecule has 2 saturated heterocycles. The van der Waals surface area contributed by atoms with E-state index in [1.165, 1.54) is 29.3 Å². The van der Waals surface area contributed by atoms with Crippen molar-refractivity contribution in [3.8, 4) is 5.75 Å². The third-order valence-corrected chi connectivity index (χ3v) is 5.76. The minimum absolute atomic E-state index is 0.0181. The molecule has 0 spiro atoms. The lowest BCUT2D eigenvalue weighted by Crippen LogP contribution is -2.42. The van der Waals surface area contributed by atoms with E-state index in [0.717, 1.165) is 5.56 Å². The summed E-state index contributed by atoms with van der Waals surface area (Å²) in [4.78, 5) is 34.6. The number of aromatic hydroxyl groups is 1. The molecule has 29 heavy (non-hydrogen) atoms. The van der Waals surface area contributed by atoms with Crippen LogP contribution < -0.4 is 0 Å². The van der Waals surface area contributed by atoms with E-state index in [-0.39, 0.29) is 47.1 Å². The predicted octanol–water partition coefficient (Wildman–Crippen LogP) is 2.35. The molecule has 152 valence electrons. The third kappa shape index (κ3) is 3.39. The molecule has 1 aromatic carbocycles. The fourth-order valence-electron chi connectivity index (χ4n) is 4.49. The molecule has 2 aliphatic rings. The van der Waals surface area contributed by atoms with Crippen LogP contribution in [0.2, 0.25) is 0 Å². The number of amides is 3. The highest BCUT2D eigenvalue weighted by Gasteiger charge is 2.50. The summed E-state index contributed by atoms with van der Waals surface area (Å²) in [5.74, 6) is -0.786. The monoisotopic (exact) mass is 398 g/mol. The summed E-state index contributed by atoms with van der Waals surface area (Å²) >= 11 is 0. The zero-order valence-electron chi connectivity index (χ0n) is 16.3. The summed E-state index contributed by atoms with van der Waals surface area (Å²) in [6.07, 6.45) is 1.47.